The number of imidazole rings is 1. The second kappa shape index (κ2) is 6.74. The number of aryl methyl sites for hydroxylation is 1. The highest BCUT2D eigenvalue weighted by Gasteiger charge is 2.22. The highest BCUT2D eigenvalue weighted by Crippen LogP contribution is 2.37. The van der Waals surface area contributed by atoms with Crippen LogP contribution in [0.1, 0.15) is 30.0 Å². The summed E-state index contributed by atoms with van der Waals surface area (Å²) in [4.78, 5) is 4.60. The molecule has 1 atom stereocenters. The van der Waals surface area contributed by atoms with Crippen molar-refractivity contribution >= 4 is 37.5 Å². The van der Waals surface area contributed by atoms with Gasteiger partial charge in [0.2, 0.25) is 0 Å². The van der Waals surface area contributed by atoms with Gasteiger partial charge < -0.3 is 19.4 Å². The number of rotatable bonds is 4. The van der Waals surface area contributed by atoms with Gasteiger partial charge in [-0.1, -0.05) is 6.92 Å². The number of pyridine rings is 1. The fraction of sp³-hybridized carbons (Fsp3) is 0.235. The van der Waals surface area contributed by atoms with E-state index in [-0.39, 0.29) is 5.75 Å². The van der Waals surface area contributed by atoms with E-state index in [0.717, 1.165) is 11.3 Å². The minimum Gasteiger partial charge on any atom is -0.506 e. The summed E-state index contributed by atoms with van der Waals surface area (Å²) >= 11 is 6.61. The topological polar surface area (TPSA) is 67.0 Å². The number of phenols is 1. The Morgan fingerprint density at radius 3 is 2.50 bits per heavy atom. The van der Waals surface area contributed by atoms with Crippen molar-refractivity contribution in [2.24, 2.45) is 0 Å². The maximum Gasteiger partial charge on any atom is 0.143 e. The molecular formula is C17H16Br2N2O3. The summed E-state index contributed by atoms with van der Waals surface area (Å²) in [5.41, 5.74) is 2.90. The number of aromatic nitrogens is 2. The molecule has 5 nitrogen and oxygen atoms in total. The van der Waals surface area contributed by atoms with Crippen LogP contribution in [0, 0.1) is 0 Å². The van der Waals surface area contributed by atoms with Gasteiger partial charge >= 0.3 is 0 Å². The van der Waals surface area contributed by atoms with E-state index in [0.29, 0.717) is 32.4 Å². The zero-order valence-corrected chi connectivity index (χ0v) is 16.3. The summed E-state index contributed by atoms with van der Waals surface area (Å²) in [6, 6.07) is 7.06. The highest BCUT2D eigenvalue weighted by molar-refractivity contribution is 9.11. The Morgan fingerprint density at radius 2 is 1.92 bits per heavy atom. The zero-order chi connectivity index (χ0) is 17.4. The minimum absolute atomic E-state index is 0.101. The molecule has 0 aliphatic rings. The smallest absolute Gasteiger partial charge is 0.143 e. The third-order valence-electron chi connectivity index (χ3n) is 3.90. The molecular weight excluding hydrogens is 440 g/mol. The van der Waals surface area contributed by atoms with Crippen LogP contribution in [-0.4, -0.2) is 26.7 Å². The molecule has 0 fully saturated rings. The fourth-order valence-corrected chi connectivity index (χ4v) is 3.89. The van der Waals surface area contributed by atoms with Gasteiger partial charge in [-0.3, -0.25) is 0 Å². The van der Waals surface area contributed by atoms with Gasteiger partial charge in [0.1, 0.15) is 23.3 Å². The van der Waals surface area contributed by atoms with Crippen LogP contribution in [0.2, 0.25) is 0 Å². The van der Waals surface area contributed by atoms with Crippen molar-refractivity contribution in [3.05, 3.63) is 56.4 Å². The van der Waals surface area contributed by atoms with Crippen molar-refractivity contribution < 1.29 is 14.9 Å². The summed E-state index contributed by atoms with van der Waals surface area (Å²) in [6.07, 6.45) is 1.65. The average Bonchev–Trinajstić information content (AvgIpc) is 2.95. The van der Waals surface area contributed by atoms with Gasteiger partial charge in [0, 0.05) is 12.3 Å². The number of nitrogens with zero attached hydrogens (tertiary/aromatic N) is 2. The average molecular weight is 456 g/mol. The number of aromatic hydroxyl groups is 1. The molecule has 0 aliphatic heterocycles. The number of fused-ring (bicyclic) bond motifs is 1. The lowest BCUT2D eigenvalue weighted by molar-refractivity contribution is 0.213. The van der Waals surface area contributed by atoms with Gasteiger partial charge in [-0.25, -0.2) is 4.98 Å². The quantitative estimate of drug-likeness (QED) is 0.618. The largest absolute Gasteiger partial charge is 0.506 e. The lowest BCUT2D eigenvalue weighted by Gasteiger charge is -2.15. The van der Waals surface area contributed by atoms with Gasteiger partial charge in [-0.15, -0.1) is 0 Å². The van der Waals surface area contributed by atoms with E-state index in [4.69, 9.17) is 4.74 Å². The zero-order valence-electron chi connectivity index (χ0n) is 13.1. The Bertz CT molecular complexity index is 885. The van der Waals surface area contributed by atoms with Gasteiger partial charge in [0.05, 0.1) is 27.4 Å². The number of aliphatic hydroxyl groups is 1. The lowest BCUT2D eigenvalue weighted by atomic mass is 10.0. The Hall–Kier alpha value is -1.57. The van der Waals surface area contributed by atoms with E-state index in [1.807, 2.05) is 29.7 Å². The van der Waals surface area contributed by atoms with Crippen molar-refractivity contribution in [2.45, 2.75) is 19.4 Å². The first-order valence-electron chi connectivity index (χ1n) is 7.37. The van der Waals surface area contributed by atoms with Gasteiger partial charge in [-0.05, 0) is 62.0 Å². The predicted molar refractivity (Wildman–Crippen MR) is 98.7 cm³/mol. The molecule has 2 heterocycles. The summed E-state index contributed by atoms with van der Waals surface area (Å²) in [7, 11) is 1.61. The molecule has 2 N–H and O–H groups in total. The van der Waals surface area contributed by atoms with Crippen LogP contribution in [0.15, 0.2) is 39.4 Å². The maximum absolute atomic E-state index is 10.9. The Labute approximate surface area is 156 Å². The molecule has 2 aromatic heterocycles. The molecule has 0 saturated heterocycles. The van der Waals surface area contributed by atoms with Crippen molar-refractivity contribution in [3.63, 3.8) is 0 Å². The van der Waals surface area contributed by atoms with E-state index in [9.17, 15) is 10.2 Å². The number of hydrogen-bond acceptors (Lipinski definition) is 4. The Kier molecular flexibility index (Phi) is 4.85. The first-order chi connectivity index (χ1) is 11.5. The maximum atomic E-state index is 10.9. The molecule has 126 valence electrons. The van der Waals surface area contributed by atoms with Crippen molar-refractivity contribution in [3.8, 4) is 11.5 Å². The molecule has 1 aromatic carbocycles. The van der Waals surface area contributed by atoms with Crippen molar-refractivity contribution in [1.29, 1.82) is 0 Å². The van der Waals surface area contributed by atoms with E-state index in [1.165, 1.54) is 0 Å². The van der Waals surface area contributed by atoms with Crippen LogP contribution < -0.4 is 4.74 Å². The fourth-order valence-electron chi connectivity index (χ4n) is 2.67. The van der Waals surface area contributed by atoms with Crippen LogP contribution >= 0.6 is 31.9 Å². The number of halogens is 2. The van der Waals surface area contributed by atoms with Crippen LogP contribution in [0.5, 0.6) is 11.5 Å². The molecule has 0 amide bonds. The summed E-state index contributed by atoms with van der Waals surface area (Å²) < 4.78 is 8.13. The number of hydrogen-bond donors (Lipinski definition) is 2. The van der Waals surface area contributed by atoms with Gasteiger partial charge in [0.15, 0.2) is 0 Å². The number of benzene rings is 1. The van der Waals surface area contributed by atoms with E-state index in [2.05, 4.69) is 36.8 Å². The number of phenolic OH excluding ortho intramolecular Hbond substituents is 1. The second-order valence-corrected chi connectivity index (χ2v) is 7.04. The van der Waals surface area contributed by atoms with E-state index < -0.39 is 6.10 Å². The third-order valence-corrected chi connectivity index (χ3v) is 5.10. The van der Waals surface area contributed by atoms with E-state index in [1.54, 1.807) is 19.2 Å². The van der Waals surface area contributed by atoms with Gasteiger partial charge in [0.25, 0.3) is 0 Å². The highest BCUT2D eigenvalue weighted by atomic mass is 79.9. The monoisotopic (exact) mass is 454 g/mol. The molecule has 0 radical (unpaired) electrons. The van der Waals surface area contributed by atoms with E-state index >= 15 is 0 Å². The van der Waals surface area contributed by atoms with Crippen LogP contribution in [-0.2, 0) is 6.42 Å². The Morgan fingerprint density at radius 1 is 1.25 bits per heavy atom. The first kappa shape index (κ1) is 17.3. The molecule has 0 aliphatic carbocycles. The molecule has 7 heteroatoms. The van der Waals surface area contributed by atoms with Crippen molar-refractivity contribution in [2.75, 3.05) is 7.11 Å². The van der Waals surface area contributed by atoms with Crippen LogP contribution in [0.4, 0.5) is 0 Å². The predicted octanol–water partition coefficient (Wildman–Crippen LogP) is 4.22. The summed E-state index contributed by atoms with van der Waals surface area (Å²) in [6.45, 7) is 2.00. The first-order valence-corrected chi connectivity index (χ1v) is 8.95. The van der Waals surface area contributed by atoms with Crippen LogP contribution in [0.25, 0.3) is 5.65 Å². The lowest BCUT2D eigenvalue weighted by Crippen LogP contribution is -2.06. The van der Waals surface area contributed by atoms with Crippen LogP contribution in [0.3, 0.4) is 0 Å². The molecule has 3 aromatic rings. The second-order valence-electron chi connectivity index (χ2n) is 5.33. The molecule has 1 unspecified atom stereocenters. The molecule has 24 heavy (non-hydrogen) atoms. The van der Waals surface area contributed by atoms with Gasteiger partial charge in [-0.2, -0.15) is 0 Å². The minimum atomic E-state index is -0.878. The molecule has 3 rings (SSSR count). The number of methoxy groups -OCH3 is 1. The summed E-state index contributed by atoms with van der Waals surface area (Å²) in [5, 5.41) is 20.8. The number of ether oxygens (including phenoxy) is 1. The third kappa shape index (κ3) is 2.92. The Balaban J connectivity index is 2.17. The molecule has 0 bridgehead atoms. The standard InChI is InChI=1S/C17H16Br2N2O3/c1-3-13-15(21-5-4-10(24-2)8-14(21)20-13)16(22)9-6-11(18)17(23)12(19)7-9/h4-8,16,22-23H,3H2,1-2H3. The molecule has 0 saturated carbocycles. The van der Waals surface area contributed by atoms with Crippen molar-refractivity contribution in [1.82, 2.24) is 9.38 Å². The SMILES string of the molecule is CCc1nc2cc(OC)ccn2c1C(O)c1cc(Br)c(O)c(Br)c1. The number of aliphatic hydroxyl groups excluding tert-OH is 1. The molecule has 0 spiro atoms. The normalized spacial score (nSPS) is 12.5. The summed E-state index contributed by atoms with van der Waals surface area (Å²) in [5.74, 6) is 0.816.